The first kappa shape index (κ1) is 26.0. The number of benzene rings is 2. The number of thiocarbonyl (C=S) groups is 1. The van der Waals surface area contributed by atoms with Crippen molar-refractivity contribution in [1.29, 1.82) is 0 Å². The second-order valence-corrected chi connectivity index (χ2v) is 9.61. The fourth-order valence-corrected chi connectivity index (χ4v) is 4.67. The molecule has 0 saturated carbocycles. The van der Waals surface area contributed by atoms with Crippen molar-refractivity contribution in [1.82, 2.24) is 10.2 Å². The van der Waals surface area contributed by atoms with Gasteiger partial charge in [0.05, 0.1) is 5.02 Å². The number of rotatable bonds is 6. The first-order chi connectivity index (χ1) is 17.3. The third-order valence-corrected chi connectivity index (χ3v) is 6.59. The second kappa shape index (κ2) is 11.8. The van der Waals surface area contributed by atoms with Crippen LogP contribution >= 0.6 is 35.4 Å². The minimum Gasteiger partial charge on any atom is -0.451 e. The molecule has 1 fully saturated rings. The summed E-state index contributed by atoms with van der Waals surface area (Å²) in [5, 5.41) is 6.73. The Morgan fingerprint density at radius 2 is 1.72 bits per heavy atom. The van der Waals surface area contributed by atoms with Gasteiger partial charge in [-0.25, -0.2) is 0 Å². The van der Waals surface area contributed by atoms with Crippen LogP contribution < -0.4 is 15.5 Å². The second-order valence-electron chi connectivity index (χ2n) is 8.36. The van der Waals surface area contributed by atoms with Gasteiger partial charge in [0.25, 0.3) is 5.91 Å². The molecule has 2 amide bonds. The van der Waals surface area contributed by atoms with Crippen LogP contribution in [0.1, 0.15) is 30.3 Å². The summed E-state index contributed by atoms with van der Waals surface area (Å²) in [6.45, 7) is 5.07. The number of hydrogen-bond donors (Lipinski definition) is 2. The fraction of sp³-hybridized carbons (Fsp3) is 0.269. The van der Waals surface area contributed by atoms with Crippen molar-refractivity contribution in [3.8, 4) is 11.3 Å². The van der Waals surface area contributed by atoms with E-state index < -0.39 is 5.91 Å². The molecule has 1 aliphatic rings. The number of carbonyl (C=O) groups excluding carboxylic acids is 2. The van der Waals surface area contributed by atoms with Crippen LogP contribution in [0.15, 0.2) is 59.0 Å². The smallest absolute Gasteiger partial charge is 0.293 e. The van der Waals surface area contributed by atoms with E-state index in [-0.39, 0.29) is 16.8 Å². The largest absolute Gasteiger partial charge is 0.451 e. The number of halogens is 2. The zero-order chi connectivity index (χ0) is 25.7. The Balaban J connectivity index is 1.29. The Labute approximate surface area is 225 Å². The molecule has 0 spiro atoms. The highest BCUT2D eigenvalue weighted by molar-refractivity contribution is 7.80. The predicted molar refractivity (Wildman–Crippen MR) is 148 cm³/mol. The molecular weight excluding hydrogens is 519 g/mol. The van der Waals surface area contributed by atoms with Gasteiger partial charge in [0, 0.05) is 54.6 Å². The summed E-state index contributed by atoms with van der Waals surface area (Å²) in [7, 11) is 0. The van der Waals surface area contributed by atoms with Crippen molar-refractivity contribution >= 4 is 63.7 Å². The van der Waals surface area contributed by atoms with E-state index in [0.29, 0.717) is 27.8 Å². The minimum atomic E-state index is -0.476. The van der Waals surface area contributed by atoms with Gasteiger partial charge < -0.3 is 19.5 Å². The maximum atomic E-state index is 12.6. The highest BCUT2D eigenvalue weighted by atomic mass is 35.5. The highest BCUT2D eigenvalue weighted by Crippen LogP contribution is 2.31. The van der Waals surface area contributed by atoms with E-state index >= 15 is 0 Å². The van der Waals surface area contributed by atoms with Gasteiger partial charge in [-0.1, -0.05) is 30.1 Å². The van der Waals surface area contributed by atoms with Crippen LogP contribution in [-0.2, 0) is 4.79 Å². The van der Waals surface area contributed by atoms with E-state index in [0.717, 1.165) is 44.0 Å². The van der Waals surface area contributed by atoms with E-state index in [1.165, 1.54) is 0 Å². The Hall–Kier alpha value is -3.07. The lowest BCUT2D eigenvalue weighted by Gasteiger charge is -2.36. The molecule has 0 unspecified atom stereocenters. The molecule has 2 N–H and O–H groups in total. The molecule has 0 bridgehead atoms. The molecule has 2 heterocycles. The van der Waals surface area contributed by atoms with Gasteiger partial charge in [-0.3, -0.25) is 14.9 Å². The van der Waals surface area contributed by atoms with Crippen LogP contribution in [0, 0.1) is 0 Å². The van der Waals surface area contributed by atoms with Crippen LogP contribution in [0.3, 0.4) is 0 Å². The summed E-state index contributed by atoms with van der Waals surface area (Å²) in [5.41, 5.74) is 2.45. The summed E-state index contributed by atoms with van der Waals surface area (Å²) in [6.07, 6.45) is 1.48. The zero-order valence-electron chi connectivity index (χ0n) is 19.7. The number of carbonyl (C=O) groups is 2. The molecule has 1 saturated heterocycles. The quantitative estimate of drug-likeness (QED) is 0.380. The average Bonchev–Trinajstić information content (AvgIpc) is 3.35. The van der Waals surface area contributed by atoms with Crippen LogP contribution in [0.25, 0.3) is 11.3 Å². The van der Waals surface area contributed by atoms with Crippen molar-refractivity contribution in [2.75, 3.05) is 36.4 Å². The summed E-state index contributed by atoms with van der Waals surface area (Å²) in [4.78, 5) is 28.9. The normalized spacial score (nSPS) is 13.4. The molecule has 1 aromatic heterocycles. The molecule has 0 radical (unpaired) electrons. The standard InChI is InChI=1S/C26H26Cl2N4O3S/c1-2-3-24(33)32-14-12-31(13-15-32)19-7-5-18(6-8-19)29-26(36)30-25(34)23-11-10-22(35-23)20-9-4-17(27)16-21(20)28/h4-11,16H,2-3,12-15H2,1H3,(H2,29,30,34,36). The SMILES string of the molecule is CCCC(=O)N1CCN(c2ccc(NC(=S)NC(=O)c3ccc(-c4ccc(Cl)cc4Cl)o3)cc2)CC1. The van der Waals surface area contributed by atoms with Crippen molar-refractivity contribution in [3.63, 3.8) is 0 Å². The van der Waals surface area contributed by atoms with Gasteiger partial charge in [0.2, 0.25) is 5.91 Å². The highest BCUT2D eigenvalue weighted by Gasteiger charge is 2.21. The Morgan fingerprint density at radius 1 is 1.00 bits per heavy atom. The Morgan fingerprint density at radius 3 is 2.39 bits per heavy atom. The lowest BCUT2D eigenvalue weighted by atomic mass is 10.2. The molecule has 4 rings (SSSR count). The number of furan rings is 1. The molecule has 188 valence electrons. The molecule has 0 aliphatic carbocycles. The molecule has 36 heavy (non-hydrogen) atoms. The molecule has 10 heteroatoms. The summed E-state index contributed by atoms with van der Waals surface area (Å²) >= 11 is 17.5. The summed E-state index contributed by atoms with van der Waals surface area (Å²) < 4.78 is 5.66. The minimum absolute atomic E-state index is 0.104. The third kappa shape index (κ3) is 6.37. The maximum absolute atomic E-state index is 12.6. The maximum Gasteiger partial charge on any atom is 0.293 e. The first-order valence-electron chi connectivity index (χ1n) is 11.6. The molecular formula is C26H26Cl2N4O3S. The number of hydrogen-bond acceptors (Lipinski definition) is 5. The molecule has 0 atom stereocenters. The topological polar surface area (TPSA) is 77.8 Å². The van der Waals surface area contributed by atoms with Crippen molar-refractivity contribution in [2.45, 2.75) is 19.8 Å². The summed E-state index contributed by atoms with van der Waals surface area (Å²) in [6, 6.07) is 16.0. The van der Waals surface area contributed by atoms with Gasteiger partial charge in [0.15, 0.2) is 10.9 Å². The Kier molecular flexibility index (Phi) is 8.51. The lowest BCUT2D eigenvalue weighted by Crippen LogP contribution is -2.48. The number of anilines is 2. The first-order valence-corrected chi connectivity index (χ1v) is 12.8. The van der Waals surface area contributed by atoms with Crippen molar-refractivity contribution in [2.24, 2.45) is 0 Å². The number of piperazine rings is 1. The zero-order valence-corrected chi connectivity index (χ0v) is 22.1. The molecule has 7 nitrogen and oxygen atoms in total. The van der Waals surface area contributed by atoms with Crippen LogP contribution in [0.4, 0.5) is 11.4 Å². The van der Waals surface area contributed by atoms with Crippen LogP contribution in [0.5, 0.6) is 0 Å². The van der Waals surface area contributed by atoms with E-state index in [1.807, 2.05) is 36.1 Å². The van der Waals surface area contributed by atoms with Gasteiger partial charge in [0.1, 0.15) is 5.76 Å². The Bertz CT molecular complexity index is 1250. The summed E-state index contributed by atoms with van der Waals surface area (Å²) in [5.74, 6) is 0.307. The van der Waals surface area contributed by atoms with E-state index in [9.17, 15) is 9.59 Å². The van der Waals surface area contributed by atoms with E-state index in [1.54, 1.807) is 30.3 Å². The molecule has 2 aromatic carbocycles. The van der Waals surface area contributed by atoms with Gasteiger partial charge in [-0.05, 0) is 73.2 Å². The van der Waals surface area contributed by atoms with E-state index in [4.69, 9.17) is 39.8 Å². The number of amides is 2. The van der Waals surface area contributed by atoms with Crippen LogP contribution in [-0.4, -0.2) is 48.0 Å². The molecule has 1 aliphatic heterocycles. The third-order valence-electron chi connectivity index (χ3n) is 5.84. The fourth-order valence-electron chi connectivity index (χ4n) is 3.96. The van der Waals surface area contributed by atoms with Crippen LogP contribution in [0.2, 0.25) is 10.0 Å². The van der Waals surface area contributed by atoms with Gasteiger partial charge in [-0.15, -0.1) is 0 Å². The molecule has 3 aromatic rings. The van der Waals surface area contributed by atoms with Crippen molar-refractivity contribution in [3.05, 3.63) is 70.4 Å². The monoisotopic (exact) mass is 544 g/mol. The van der Waals surface area contributed by atoms with Crippen molar-refractivity contribution < 1.29 is 14.0 Å². The number of nitrogens with zero attached hydrogens (tertiary/aromatic N) is 2. The lowest BCUT2D eigenvalue weighted by molar-refractivity contribution is -0.131. The predicted octanol–water partition coefficient (Wildman–Crippen LogP) is 5.83. The van der Waals surface area contributed by atoms with E-state index in [2.05, 4.69) is 15.5 Å². The van der Waals surface area contributed by atoms with Gasteiger partial charge in [-0.2, -0.15) is 0 Å². The number of nitrogens with one attached hydrogen (secondary N) is 2. The van der Waals surface area contributed by atoms with Gasteiger partial charge >= 0.3 is 0 Å². The average molecular weight is 545 g/mol.